The molecule has 1 amide bonds. The molecule has 6 nitrogen and oxygen atoms in total. The number of nitrogens with one attached hydrogen (secondary N) is 1. The van der Waals surface area contributed by atoms with Gasteiger partial charge in [-0.2, -0.15) is 18.3 Å². The van der Waals surface area contributed by atoms with Crippen LogP contribution in [0.1, 0.15) is 32.9 Å². The number of fused-ring (bicyclic) bond motifs is 3. The van der Waals surface area contributed by atoms with Gasteiger partial charge >= 0.3 is 6.18 Å². The third-order valence-electron chi connectivity index (χ3n) is 5.86. The highest BCUT2D eigenvalue weighted by molar-refractivity contribution is 6.10. The van der Waals surface area contributed by atoms with Gasteiger partial charge in [-0.15, -0.1) is 0 Å². The summed E-state index contributed by atoms with van der Waals surface area (Å²) in [6.45, 7) is 4.19. The molecule has 0 bridgehead atoms. The summed E-state index contributed by atoms with van der Waals surface area (Å²) in [7, 11) is 1.78. The number of aromatic nitrogens is 4. The van der Waals surface area contributed by atoms with E-state index in [1.54, 1.807) is 34.5 Å². The summed E-state index contributed by atoms with van der Waals surface area (Å²) >= 11 is 0. The van der Waals surface area contributed by atoms with Gasteiger partial charge in [-0.1, -0.05) is 0 Å². The molecule has 3 heterocycles. The molecule has 0 saturated heterocycles. The van der Waals surface area contributed by atoms with Gasteiger partial charge in [-0.3, -0.25) is 19.0 Å². The molecule has 0 aliphatic rings. The molecule has 1 N–H and O–H groups in total. The maximum atomic E-state index is 13.0. The van der Waals surface area contributed by atoms with Crippen molar-refractivity contribution < 1.29 is 18.0 Å². The van der Waals surface area contributed by atoms with E-state index < -0.39 is 11.7 Å². The van der Waals surface area contributed by atoms with E-state index in [-0.39, 0.29) is 5.91 Å². The summed E-state index contributed by atoms with van der Waals surface area (Å²) in [5.41, 5.74) is 4.41. The van der Waals surface area contributed by atoms with Crippen LogP contribution >= 0.6 is 0 Å². The monoisotopic (exact) mass is 477 g/mol. The van der Waals surface area contributed by atoms with Gasteiger partial charge in [-0.25, -0.2) is 0 Å². The summed E-state index contributed by atoms with van der Waals surface area (Å²) in [4.78, 5) is 17.3. The molecule has 0 spiro atoms. The van der Waals surface area contributed by atoms with E-state index in [4.69, 9.17) is 0 Å². The summed E-state index contributed by atoms with van der Waals surface area (Å²) in [5, 5.41) is 9.05. The van der Waals surface area contributed by atoms with E-state index in [2.05, 4.69) is 15.4 Å². The summed E-state index contributed by atoms with van der Waals surface area (Å²) in [6, 6.07) is 14.1. The Kier molecular flexibility index (Phi) is 5.35. The molecule has 0 fully saturated rings. The fourth-order valence-electron chi connectivity index (χ4n) is 4.40. The fourth-order valence-corrected chi connectivity index (χ4v) is 4.40. The number of aryl methyl sites for hydroxylation is 3. The lowest BCUT2D eigenvalue weighted by atomic mass is 10.1. The number of pyridine rings is 1. The van der Waals surface area contributed by atoms with Crippen molar-refractivity contribution in [1.29, 1.82) is 0 Å². The zero-order chi connectivity index (χ0) is 24.9. The number of alkyl halides is 3. The van der Waals surface area contributed by atoms with E-state index in [1.165, 1.54) is 12.1 Å². The van der Waals surface area contributed by atoms with Crippen molar-refractivity contribution in [2.75, 3.05) is 0 Å². The Bertz CT molecular complexity index is 1560. The minimum Gasteiger partial charge on any atom is -0.348 e. The SMILES string of the molecule is Cc1cc(CNC(=O)c2ccc3c(c2)c2cn(C)nc2n3-c2ccc(C(F)(F)F)cc2)cc(C)n1. The van der Waals surface area contributed by atoms with E-state index >= 15 is 0 Å². The molecule has 0 saturated carbocycles. The number of carbonyl (C=O) groups excluding carboxylic acids is 1. The highest BCUT2D eigenvalue weighted by Gasteiger charge is 2.30. The van der Waals surface area contributed by atoms with Crippen molar-refractivity contribution in [2.45, 2.75) is 26.6 Å². The first kappa shape index (κ1) is 22.6. The Hall–Kier alpha value is -4.14. The average Bonchev–Trinajstić information content (AvgIpc) is 3.30. The fraction of sp³-hybridized carbons (Fsp3) is 0.192. The van der Waals surface area contributed by atoms with Crippen LogP contribution in [0.2, 0.25) is 0 Å². The van der Waals surface area contributed by atoms with Gasteiger partial charge < -0.3 is 5.32 Å². The lowest BCUT2D eigenvalue weighted by molar-refractivity contribution is -0.137. The molecule has 5 aromatic rings. The normalized spacial score (nSPS) is 11.9. The number of hydrogen-bond donors (Lipinski definition) is 1. The third-order valence-corrected chi connectivity index (χ3v) is 5.86. The molecule has 0 aliphatic carbocycles. The van der Waals surface area contributed by atoms with Gasteiger partial charge in [0.15, 0.2) is 5.65 Å². The first-order valence-electron chi connectivity index (χ1n) is 11.0. The number of hydrogen-bond acceptors (Lipinski definition) is 3. The molecule has 2 aromatic carbocycles. The maximum Gasteiger partial charge on any atom is 0.416 e. The second-order valence-corrected chi connectivity index (χ2v) is 8.59. The Labute approximate surface area is 199 Å². The van der Waals surface area contributed by atoms with Crippen LogP contribution in [0.5, 0.6) is 0 Å². The standard InChI is InChI=1S/C26H22F3N5O/c1-15-10-17(11-16(2)31-15)13-30-25(35)18-4-9-23-21(12-18)22-14-33(3)32-24(22)34(23)20-7-5-19(6-8-20)26(27,28)29/h4-12,14H,13H2,1-3H3,(H,30,35). The average molecular weight is 477 g/mol. The van der Waals surface area contributed by atoms with E-state index in [1.807, 2.05) is 32.2 Å². The molecule has 9 heteroatoms. The molecule has 0 radical (unpaired) electrons. The highest BCUT2D eigenvalue weighted by atomic mass is 19.4. The molecule has 3 aromatic heterocycles. The number of carbonyl (C=O) groups is 1. The van der Waals surface area contributed by atoms with Gasteiger partial charge in [0, 0.05) is 53.2 Å². The number of halogens is 3. The summed E-state index contributed by atoms with van der Waals surface area (Å²) in [5.74, 6) is -0.224. The summed E-state index contributed by atoms with van der Waals surface area (Å²) in [6.07, 6.45) is -2.57. The third kappa shape index (κ3) is 4.25. The van der Waals surface area contributed by atoms with Crippen LogP contribution in [0.25, 0.3) is 27.6 Å². The van der Waals surface area contributed by atoms with E-state index in [0.717, 1.165) is 45.4 Å². The van der Waals surface area contributed by atoms with Crippen LogP contribution in [0, 0.1) is 13.8 Å². The number of amides is 1. The highest BCUT2D eigenvalue weighted by Crippen LogP contribution is 2.34. The number of benzene rings is 2. The molecule has 5 rings (SSSR count). The molecule has 0 atom stereocenters. The maximum absolute atomic E-state index is 13.0. The lowest BCUT2D eigenvalue weighted by Gasteiger charge is -2.10. The van der Waals surface area contributed by atoms with Crippen molar-refractivity contribution in [2.24, 2.45) is 7.05 Å². The van der Waals surface area contributed by atoms with Crippen molar-refractivity contribution in [3.05, 3.63) is 88.9 Å². The molecule has 178 valence electrons. The topological polar surface area (TPSA) is 64.7 Å². The first-order valence-corrected chi connectivity index (χ1v) is 11.0. The van der Waals surface area contributed by atoms with Crippen molar-refractivity contribution in [3.63, 3.8) is 0 Å². The molecular formula is C26H22F3N5O. The van der Waals surface area contributed by atoms with Crippen molar-refractivity contribution in [3.8, 4) is 5.69 Å². The molecule has 35 heavy (non-hydrogen) atoms. The van der Waals surface area contributed by atoms with Crippen LogP contribution in [0.3, 0.4) is 0 Å². The molecule has 0 aliphatic heterocycles. The molecule has 0 unspecified atom stereocenters. The minimum absolute atomic E-state index is 0.224. The largest absolute Gasteiger partial charge is 0.416 e. The Morgan fingerprint density at radius 3 is 2.31 bits per heavy atom. The van der Waals surface area contributed by atoms with Crippen LogP contribution in [0.4, 0.5) is 13.2 Å². The zero-order valence-corrected chi connectivity index (χ0v) is 19.3. The van der Waals surface area contributed by atoms with E-state index in [9.17, 15) is 18.0 Å². The second-order valence-electron chi connectivity index (χ2n) is 8.59. The Balaban J connectivity index is 1.52. The van der Waals surface area contributed by atoms with Gasteiger partial charge in [0.25, 0.3) is 5.91 Å². The van der Waals surface area contributed by atoms with Gasteiger partial charge in [0.1, 0.15) is 0 Å². The predicted octanol–water partition coefficient (Wildman–Crippen LogP) is 5.48. The quantitative estimate of drug-likeness (QED) is 0.373. The molecular weight excluding hydrogens is 455 g/mol. The number of rotatable bonds is 4. The summed E-state index contributed by atoms with van der Waals surface area (Å²) < 4.78 is 42.6. The first-order chi connectivity index (χ1) is 16.6. The van der Waals surface area contributed by atoms with E-state index in [0.29, 0.717) is 23.4 Å². The van der Waals surface area contributed by atoms with Gasteiger partial charge in [0.05, 0.1) is 11.1 Å². The lowest BCUT2D eigenvalue weighted by Crippen LogP contribution is -2.22. The van der Waals surface area contributed by atoms with Gasteiger partial charge in [-0.05, 0) is 74.0 Å². The Morgan fingerprint density at radius 1 is 0.971 bits per heavy atom. The zero-order valence-electron chi connectivity index (χ0n) is 19.3. The smallest absolute Gasteiger partial charge is 0.348 e. The van der Waals surface area contributed by atoms with Crippen LogP contribution in [-0.2, 0) is 19.8 Å². The minimum atomic E-state index is -4.41. The van der Waals surface area contributed by atoms with Crippen LogP contribution in [-0.4, -0.2) is 25.2 Å². The van der Waals surface area contributed by atoms with Crippen molar-refractivity contribution >= 4 is 27.8 Å². The second kappa shape index (κ2) is 8.26. The van der Waals surface area contributed by atoms with Crippen LogP contribution < -0.4 is 5.32 Å². The van der Waals surface area contributed by atoms with Gasteiger partial charge in [0.2, 0.25) is 0 Å². The predicted molar refractivity (Wildman–Crippen MR) is 127 cm³/mol. The Morgan fingerprint density at radius 2 is 1.66 bits per heavy atom. The van der Waals surface area contributed by atoms with Crippen LogP contribution in [0.15, 0.2) is 60.8 Å². The van der Waals surface area contributed by atoms with Crippen molar-refractivity contribution in [1.82, 2.24) is 24.6 Å². The number of nitrogens with zero attached hydrogens (tertiary/aromatic N) is 4.